The number of hydrogen-bond donors (Lipinski definition) is 0. The van der Waals surface area contributed by atoms with Crippen LogP contribution in [0.2, 0.25) is 0 Å². The summed E-state index contributed by atoms with van der Waals surface area (Å²) in [6.07, 6.45) is 1.06. The summed E-state index contributed by atoms with van der Waals surface area (Å²) in [6.45, 7) is 0.150. The van der Waals surface area contributed by atoms with Gasteiger partial charge in [-0.25, -0.2) is 12.8 Å². The van der Waals surface area contributed by atoms with E-state index in [1.54, 1.807) is 7.05 Å². The molecule has 0 radical (unpaired) electrons. The van der Waals surface area contributed by atoms with Gasteiger partial charge in [-0.3, -0.25) is 4.79 Å². The van der Waals surface area contributed by atoms with Gasteiger partial charge in [-0.1, -0.05) is 42.5 Å². The van der Waals surface area contributed by atoms with Crippen molar-refractivity contribution in [3.8, 4) is 0 Å². The quantitative estimate of drug-likeness (QED) is 0.757. The molecule has 134 valence electrons. The lowest BCUT2D eigenvalue weighted by molar-refractivity contribution is -0.130. The van der Waals surface area contributed by atoms with Gasteiger partial charge < -0.3 is 4.90 Å². The van der Waals surface area contributed by atoms with E-state index in [1.807, 2.05) is 30.3 Å². The van der Waals surface area contributed by atoms with E-state index in [-0.39, 0.29) is 19.0 Å². The predicted molar refractivity (Wildman–Crippen MR) is 94.6 cm³/mol. The van der Waals surface area contributed by atoms with Crippen molar-refractivity contribution in [2.24, 2.45) is 0 Å². The van der Waals surface area contributed by atoms with E-state index >= 15 is 0 Å². The highest BCUT2D eigenvalue weighted by Gasteiger charge is 2.22. The molecule has 0 N–H and O–H groups in total. The summed E-state index contributed by atoms with van der Waals surface area (Å²) in [5, 5.41) is 0. The lowest BCUT2D eigenvalue weighted by Crippen LogP contribution is -2.40. The molecule has 0 saturated carbocycles. The minimum absolute atomic E-state index is 0.0179. The Labute approximate surface area is 147 Å². The Balaban J connectivity index is 2.05. The third-order valence-electron chi connectivity index (χ3n) is 3.74. The summed E-state index contributed by atoms with van der Waals surface area (Å²) < 4.78 is 38.1. The first-order valence-corrected chi connectivity index (χ1v) is 9.58. The molecule has 0 spiro atoms. The summed E-state index contributed by atoms with van der Waals surface area (Å²) in [5.74, 6) is -0.704. The van der Waals surface area contributed by atoms with Crippen molar-refractivity contribution < 1.29 is 17.6 Å². The van der Waals surface area contributed by atoms with E-state index in [2.05, 4.69) is 0 Å². The summed E-state index contributed by atoms with van der Waals surface area (Å²) in [5.41, 5.74) is 1.58. The number of amides is 1. The van der Waals surface area contributed by atoms with E-state index in [4.69, 9.17) is 0 Å². The van der Waals surface area contributed by atoms with Crippen LogP contribution in [0.15, 0.2) is 54.6 Å². The smallest absolute Gasteiger partial charge is 0.237 e. The molecule has 7 heteroatoms. The van der Waals surface area contributed by atoms with Gasteiger partial charge in [0, 0.05) is 20.1 Å². The Morgan fingerprint density at radius 3 is 2.08 bits per heavy atom. The van der Waals surface area contributed by atoms with Crippen molar-refractivity contribution in [3.05, 3.63) is 71.5 Å². The molecule has 0 unspecified atom stereocenters. The second-order valence-electron chi connectivity index (χ2n) is 5.89. The average molecular weight is 364 g/mol. The summed E-state index contributed by atoms with van der Waals surface area (Å²) in [6, 6.07) is 15.0. The fraction of sp³-hybridized carbons (Fsp3) is 0.278. The van der Waals surface area contributed by atoms with Crippen LogP contribution >= 0.6 is 0 Å². The van der Waals surface area contributed by atoms with Crippen LogP contribution in [0.4, 0.5) is 4.39 Å². The number of sulfonamides is 1. The fourth-order valence-electron chi connectivity index (χ4n) is 2.30. The van der Waals surface area contributed by atoms with Crippen molar-refractivity contribution in [1.29, 1.82) is 0 Å². The minimum atomic E-state index is -3.58. The maximum Gasteiger partial charge on any atom is 0.237 e. The Kier molecular flexibility index (Phi) is 6.27. The van der Waals surface area contributed by atoms with Crippen molar-refractivity contribution in [3.63, 3.8) is 0 Å². The third-order valence-corrected chi connectivity index (χ3v) is 4.94. The molecule has 2 aromatic rings. The first kappa shape index (κ1) is 19.1. The van der Waals surface area contributed by atoms with Gasteiger partial charge in [-0.05, 0) is 23.3 Å². The Hall–Kier alpha value is -2.25. The van der Waals surface area contributed by atoms with Crippen LogP contribution in [0, 0.1) is 5.82 Å². The number of nitrogens with zero attached hydrogens (tertiary/aromatic N) is 2. The summed E-state index contributed by atoms with van der Waals surface area (Å²) in [4.78, 5) is 13.9. The Morgan fingerprint density at radius 2 is 1.52 bits per heavy atom. The fourth-order valence-corrected chi connectivity index (χ4v) is 3.03. The lowest BCUT2D eigenvalue weighted by Gasteiger charge is -2.23. The molecule has 5 nitrogen and oxygen atoms in total. The van der Waals surface area contributed by atoms with Crippen molar-refractivity contribution in [2.75, 3.05) is 19.8 Å². The highest BCUT2D eigenvalue weighted by atomic mass is 32.2. The van der Waals surface area contributed by atoms with E-state index < -0.39 is 15.8 Å². The maximum atomic E-state index is 13.0. The lowest BCUT2D eigenvalue weighted by atomic mass is 10.2. The number of hydrogen-bond acceptors (Lipinski definition) is 3. The first-order chi connectivity index (χ1) is 11.8. The van der Waals surface area contributed by atoms with Gasteiger partial charge in [0.2, 0.25) is 15.9 Å². The third kappa shape index (κ3) is 5.95. The number of carbonyl (C=O) groups excluding carboxylic acids is 1. The van der Waals surface area contributed by atoms with Crippen molar-refractivity contribution >= 4 is 15.9 Å². The SMILES string of the molecule is CN(Cc1ccccc1)C(=O)CN(Cc1ccc(F)cc1)S(C)(=O)=O. The van der Waals surface area contributed by atoms with Gasteiger partial charge in [0.1, 0.15) is 5.82 Å². The molecule has 2 rings (SSSR count). The van der Waals surface area contributed by atoms with Crippen LogP contribution in [-0.2, 0) is 27.9 Å². The van der Waals surface area contributed by atoms with Crippen LogP contribution in [0.1, 0.15) is 11.1 Å². The Morgan fingerprint density at radius 1 is 0.960 bits per heavy atom. The van der Waals surface area contributed by atoms with Gasteiger partial charge in [0.25, 0.3) is 0 Å². The number of benzene rings is 2. The molecule has 0 aliphatic rings. The van der Waals surface area contributed by atoms with Crippen LogP contribution in [0.5, 0.6) is 0 Å². The predicted octanol–water partition coefficient (Wildman–Crippen LogP) is 2.25. The van der Waals surface area contributed by atoms with E-state index in [0.29, 0.717) is 12.1 Å². The molecule has 0 aliphatic heterocycles. The van der Waals surface area contributed by atoms with Crippen molar-refractivity contribution in [2.45, 2.75) is 13.1 Å². The van der Waals surface area contributed by atoms with Crippen LogP contribution < -0.4 is 0 Å². The molecule has 0 atom stereocenters. The molecule has 0 heterocycles. The van der Waals surface area contributed by atoms with Crippen molar-refractivity contribution in [1.82, 2.24) is 9.21 Å². The first-order valence-electron chi connectivity index (χ1n) is 7.73. The second-order valence-corrected chi connectivity index (χ2v) is 7.88. The molecule has 25 heavy (non-hydrogen) atoms. The van der Waals surface area contributed by atoms with Gasteiger partial charge in [0.15, 0.2) is 0 Å². The Bertz CT molecular complexity index is 808. The maximum absolute atomic E-state index is 13.0. The molecule has 0 aromatic heterocycles. The summed E-state index contributed by atoms with van der Waals surface area (Å²) in [7, 11) is -1.95. The topological polar surface area (TPSA) is 57.7 Å². The zero-order valence-corrected chi connectivity index (χ0v) is 15.0. The standard InChI is InChI=1S/C18H21FN2O3S/c1-20(12-15-6-4-3-5-7-15)18(22)14-21(25(2,23)24)13-16-8-10-17(19)11-9-16/h3-11H,12-14H2,1-2H3. The van der Waals surface area contributed by atoms with Crippen LogP contribution in [0.25, 0.3) is 0 Å². The normalized spacial score (nSPS) is 11.5. The molecule has 0 bridgehead atoms. The number of halogens is 1. The molecule has 0 aliphatic carbocycles. The molecule has 2 aromatic carbocycles. The van der Waals surface area contributed by atoms with Gasteiger partial charge in [0.05, 0.1) is 12.8 Å². The number of likely N-dealkylation sites (N-methyl/N-ethyl adjacent to an activating group) is 1. The molecule has 0 saturated heterocycles. The molecule has 1 amide bonds. The van der Waals surface area contributed by atoms with Crippen LogP contribution in [0.3, 0.4) is 0 Å². The van der Waals surface area contributed by atoms with Gasteiger partial charge in [-0.2, -0.15) is 4.31 Å². The molecular weight excluding hydrogens is 343 g/mol. The zero-order chi connectivity index (χ0) is 18.4. The highest BCUT2D eigenvalue weighted by Crippen LogP contribution is 2.11. The molecular formula is C18H21FN2O3S. The second kappa shape index (κ2) is 8.22. The summed E-state index contributed by atoms with van der Waals surface area (Å²) >= 11 is 0. The number of carbonyl (C=O) groups is 1. The van der Waals surface area contributed by atoms with Gasteiger partial charge in [-0.15, -0.1) is 0 Å². The van der Waals surface area contributed by atoms with E-state index in [0.717, 1.165) is 16.1 Å². The van der Waals surface area contributed by atoms with Gasteiger partial charge >= 0.3 is 0 Å². The van der Waals surface area contributed by atoms with E-state index in [9.17, 15) is 17.6 Å². The zero-order valence-electron chi connectivity index (χ0n) is 14.2. The monoisotopic (exact) mass is 364 g/mol. The van der Waals surface area contributed by atoms with E-state index in [1.165, 1.54) is 29.2 Å². The van der Waals surface area contributed by atoms with Crippen LogP contribution in [-0.4, -0.2) is 43.4 Å². The molecule has 0 fully saturated rings. The number of rotatable bonds is 7. The average Bonchev–Trinajstić information content (AvgIpc) is 2.56. The highest BCUT2D eigenvalue weighted by molar-refractivity contribution is 7.88. The minimum Gasteiger partial charge on any atom is -0.340 e. The largest absolute Gasteiger partial charge is 0.340 e.